The minimum atomic E-state index is 0.191. The zero-order valence-electron chi connectivity index (χ0n) is 10.4. The zero-order chi connectivity index (χ0) is 12.4. The lowest BCUT2D eigenvalue weighted by Crippen LogP contribution is -2.53. The zero-order valence-corrected chi connectivity index (χ0v) is 10.4. The van der Waals surface area contributed by atoms with Crippen LogP contribution in [0.3, 0.4) is 0 Å². The van der Waals surface area contributed by atoms with Crippen LogP contribution in [0.2, 0.25) is 0 Å². The van der Waals surface area contributed by atoms with Crippen molar-refractivity contribution >= 4 is 11.6 Å². The van der Waals surface area contributed by atoms with Gasteiger partial charge in [0.2, 0.25) is 5.91 Å². The highest BCUT2D eigenvalue weighted by Gasteiger charge is 2.29. The largest absolute Gasteiger partial charge is 0.369 e. The molecule has 1 aromatic carbocycles. The van der Waals surface area contributed by atoms with E-state index in [9.17, 15) is 4.79 Å². The predicted molar refractivity (Wildman–Crippen MR) is 71.6 cm³/mol. The molecule has 4 nitrogen and oxygen atoms in total. The van der Waals surface area contributed by atoms with Crippen molar-refractivity contribution in [2.75, 3.05) is 31.1 Å². The van der Waals surface area contributed by atoms with Crippen molar-refractivity contribution in [3.63, 3.8) is 0 Å². The first-order valence-corrected chi connectivity index (χ1v) is 6.64. The average Bonchev–Trinajstić information content (AvgIpc) is 2.76. The van der Waals surface area contributed by atoms with Crippen molar-refractivity contribution < 1.29 is 4.79 Å². The molecule has 2 saturated heterocycles. The summed E-state index contributed by atoms with van der Waals surface area (Å²) in [4.78, 5) is 14.2. The molecule has 1 unspecified atom stereocenters. The molecular formula is C14H19N3O. The summed E-state index contributed by atoms with van der Waals surface area (Å²) in [6, 6.07) is 10.7. The van der Waals surface area contributed by atoms with Crippen LogP contribution in [0.4, 0.5) is 5.69 Å². The Hall–Kier alpha value is -1.55. The Bertz CT molecular complexity index is 416. The van der Waals surface area contributed by atoms with Gasteiger partial charge in [-0.25, -0.2) is 0 Å². The molecule has 2 N–H and O–H groups in total. The van der Waals surface area contributed by atoms with Crippen molar-refractivity contribution in [3.05, 3.63) is 30.3 Å². The van der Waals surface area contributed by atoms with Crippen LogP contribution in [0.25, 0.3) is 0 Å². The first-order valence-electron chi connectivity index (χ1n) is 6.64. The number of carbonyl (C=O) groups is 1. The molecule has 4 heteroatoms. The van der Waals surface area contributed by atoms with Gasteiger partial charge in [0.05, 0.1) is 5.92 Å². The number of nitrogens with zero attached hydrogens (tertiary/aromatic N) is 1. The molecule has 0 saturated carbocycles. The summed E-state index contributed by atoms with van der Waals surface area (Å²) in [6.45, 7) is 3.62. The highest BCUT2D eigenvalue weighted by molar-refractivity contribution is 5.80. The molecule has 2 heterocycles. The number of hydrogen-bond acceptors (Lipinski definition) is 3. The van der Waals surface area contributed by atoms with Gasteiger partial charge in [-0.3, -0.25) is 4.79 Å². The fourth-order valence-electron chi connectivity index (χ4n) is 2.54. The van der Waals surface area contributed by atoms with E-state index in [0.29, 0.717) is 6.04 Å². The van der Waals surface area contributed by atoms with Gasteiger partial charge in [-0.05, 0) is 18.6 Å². The van der Waals surface area contributed by atoms with Gasteiger partial charge in [0.25, 0.3) is 0 Å². The maximum atomic E-state index is 11.9. The highest BCUT2D eigenvalue weighted by atomic mass is 16.2. The molecule has 1 aromatic rings. The van der Waals surface area contributed by atoms with Crippen LogP contribution >= 0.6 is 0 Å². The van der Waals surface area contributed by atoms with Crippen molar-refractivity contribution in [1.29, 1.82) is 0 Å². The third-order valence-electron chi connectivity index (χ3n) is 3.81. The number of carbonyl (C=O) groups excluding carboxylic acids is 1. The topological polar surface area (TPSA) is 44.4 Å². The lowest BCUT2D eigenvalue weighted by Gasteiger charge is -2.27. The maximum Gasteiger partial charge on any atom is 0.225 e. The normalized spacial score (nSPS) is 23.8. The Balaban J connectivity index is 1.53. The van der Waals surface area contributed by atoms with E-state index >= 15 is 0 Å². The van der Waals surface area contributed by atoms with Gasteiger partial charge < -0.3 is 15.5 Å². The van der Waals surface area contributed by atoms with Gasteiger partial charge in [-0.1, -0.05) is 18.2 Å². The average molecular weight is 245 g/mol. The lowest BCUT2D eigenvalue weighted by atomic mass is 10.0. The second-order valence-electron chi connectivity index (χ2n) is 5.13. The molecule has 0 bridgehead atoms. The van der Waals surface area contributed by atoms with Crippen molar-refractivity contribution in [3.8, 4) is 0 Å². The molecule has 0 aromatic heterocycles. The van der Waals surface area contributed by atoms with Crippen LogP contribution < -0.4 is 15.5 Å². The van der Waals surface area contributed by atoms with E-state index in [1.54, 1.807) is 0 Å². The third-order valence-corrected chi connectivity index (χ3v) is 3.81. The molecule has 0 spiro atoms. The summed E-state index contributed by atoms with van der Waals surface area (Å²) in [6.07, 6.45) is 1.04. The van der Waals surface area contributed by atoms with Crippen LogP contribution in [0.15, 0.2) is 30.3 Å². The third kappa shape index (κ3) is 2.34. The van der Waals surface area contributed by atoms with E-state index in [-0.39, 0.29) is 11.8 Å². The van der Waals surface area contributed by atoms with Gasteiger partial charge in [0, 0.05) is 37.9 Å². The standard InChI is InChI=1S/C14H19N3O/c18-14(11-8-15-9-11)16-12-6-7-17(10-12)13-4-2-1-3-5-13/h1-5,11-12,15H,6-10H2,(H,16,18). The van der Waals surface area contributed by atoms with E-state index in [4.69, 9.17) is 0 Å². The van der Waals surface area contributed by atoms with E-state index in [0.717, 1.165) is 32.6 Å². The smallest absolute Gasteiger partial charge is 0.225 e. The Labute approximate surface area is 107 Å². The molecule has 2 aliphatic heterocycles. The molecular weight excluding hydrogens is 226 g/mol. The van der Waals surface area contributed by atoms with E-state index in [1.807, 2.05) is 6.07 Å². The molecule has 2 fully saturated rings. The fourth-order valence-corrected chi connectivity index (χ4v) is 2.54. The minimum Gasteiger partial charge on any atom is -0.369 e. The van der Waals surface area contributed by atoms with Gasteiger partial charge in [-0.15, -0.1) is 0 Å². The molecule has 18 heavy (non-hydrogen) atoms. The molecule has 0 aliphatic carbocycles. The second-order valence-corrected chi connectivity index (χ2v) is 5.13. The van der Waals surface area contributed by atoms with E-state index < -0.39 is 0 Å². The number of hydrogen-bond donors (Lipinski definition) is 2. The van der Waals surface area contributed by atoms with Crippen molar-refractivity contribution in [2.24, 2.45) is 5.92 Å². The molecule has 2 aliphatic rings. The Morgan fingerprint density at radius 3 is 2.72 bits per heavy atom. The number of benzene rings is 1. The maximum absolute atomic E-state index is 11.9. The number of amides is 1. The second kappa shape index (κ2) is 4.98. The first-order chi connectivity index (χ1) is 8.83. The van der Waals surface area contributed by atoms with Crippen molar-refractivity contribution in [2.45, 2.75) is 12.5 Å². The Morgan fingerprint density at radius 2 is 2.06 bits per heavy atom. The van der Waals surface area contributed by atoms with Crippen LogP contribution in [-0.2, 0) is 4.79 Å². The minimum absolute atomic E-state index is 0.191. The molecule has 3 rings (SSSR count). The summed E-state index contributed by atoms with van der Waals surface area (Å²) >= 11 is 0. The summed E-state index contributed by atoms with van der Waals surface area (Å²) in [5.74, 6) is 0.407. The van der Waals surface area contributed by atoms with E-state index in [1.165, 1.54) is 5.69 Å². The highest BCUT2D eigenvalue weighted by Crippen LogP contribution is 2.20. The van der Waals surface area contributed by atoms with Crippen molar-refractivity contribution in [1.82, 2.24) is 10.6 Å². The van der Waals surface area contributed by atoms with Gasteiger partial charge in [-0.2, -0.15) is 0 Å². The van der Waals surface area contributed by atoms with Gasteiger partial charge in [0.1, 0.15) is 0 Å². The SMILES string of the molecule is O=C(NC1CCN(c2ccccc2)C1)C1CNC1. The number of nitrogens with one attached hydrogen (secondary N) is 2. The number of para-hydroxylation sites is 1. The summed E-state index contributed by atoms with van der Waals surface area (Å²) in [5.41, 5.74) is 1.25. The van der Waals surface area contributed by atoms with Crippen LogP contribution in [0.1, 0.15) is 6.42 Å². The predicted octanol–water partition coefficient (Wildman–Crippen LogP) is 0.601. The fraction of sp³-hybridized carbons (Fsp3) is 0.500. The first kappa shape index (κ1) is 11.5. The van der Waals surface area contributed by atoms with Gasteiger partial charge >= 0.3 is 0 Å². The Morgan fingerprint density at radius 1 is 1.28 bits per heavy atom. The number of anilines is 1. The quantitative estimate of drug-likeness (QED) is 0.819. The monoisotopic (exact) mass is 245 g/mol. The van der Waals surface area contributed by atoms with E-state index in [2.05, 4.69) is 39.8 Å². The van der Waals surface area contributed by atoms with Crippen LogP contribution in [0.5, 0.6) is 0 Å². The summed E-state index contributed by atoms with van der Waals surface area (Å²) < 4.78 is 0. The van der Waals surface area contributed by atoms with Gasteiger partial charge in [0.15, 0.2) is 0 Å². The molecule has 1 amide bonds. The van der Waals surface area contributed by atoms with Crippen LogP contribution in [-0.4, -0.2) is 38.1 Å². The molecule has 96 valence electrons. The summed E-state index contributed by atoms with van der Waals surface area (Å²) in [7, 11) is 0. The Kier molecular flexibility index (Phi) is 3.19. The lowest BCUT2D eigenvalue weighted by molar-refractivity contribution is -0.127. The number of rotatable bonds is 3. The summed E-state index contributed by atoms with van der Waals surface area (Å²) in [5, 5.41) is 6.29. The van der Waals surface area contributed by atoms with Crippen LogP contribution in [0, 0.1) is 5.92 Å². The molecule has 0 radical (unpaired) electrons. The molecule has 1 atom stereocenters.